The van der Waals surface area contributed by atoms with Crippen molar-refractivity contribution in [2.24, 2.45) is 0 Å². The van der Waals surface area contributed by atoms with E-state index in [1.54, 1.807) is 0 Å². The molecule has 2 aromatic rings. The molecule has 0 N–H and O–H groups in total. The number of nitrogens with zero attached hydrogens (tertiary/aromatic N) is 1. The molecule has 0 atom stereocenters. The van der Waals surface area contributed by atoms with Gasteiger partial charge in [-0.2, -0.15) is 8.78 Å². The Morgan fingerprint density at radius 2 is 1.85 bits per heavy atom. The van der Waals surface area contributed by atoms with Gasteiger partial charge in [0.05, 0.1) is 5.56 Å². The van der Waals surface area contributed by atoms with Gasteiger partial charge in [0, 0.05) is 10.7 Å². The summed E-state index contributed by atoms with van der Waals surface area (Å²) in [5.74, 6) is -8.08. The summed E-state index contributed by atoms with van der Waals surface area (Å²) in [7, 11) is 0. The summed E-state index contributed by atoms with van der Waals surface area (Å²) in [5.41, 5.74) is -1.85. The average Bonchev–Trinajstić information content (AvgIpc) is 2.41. The van der Waals surface area contributed by atoms with E-state index in [2.05, 4.69) is 20.9 Å². The zero-order valence-corrected chi connectivity index (χ0v) is 11.3. The Morgan fingerprint density at radius 3 is 2.45 bits per heavy atom. The Morgan fingerprint density at radius 1 is 1.15 bits per heavy atom. The number of alkyl halides is 2. The number of hydrogen-bond donors (Lipinski definition) is 0. The summed E-state index contributed by atoms with van der Waals surface area (Å²) < 4.78 is 54.7. The van der Waals surface area contributed by atoms with Gasteiger partial charge in [-0.25, -0.2) is 8.78 Å². The normalized spacial score (nSPS) is 11.4. The smallest absolute Gasteiger partial charge is 0.287 e. The number of rotatable bonds is 3. The molecule has 1 heterocycles. The van der Waals surface area contributed by atoms with Crippen molar-refractivity contribution in [3.63, 3.8) is 0 Å². The second-order valence-electron chi connectivity index (χ2n) is 3.89. The van der Waals surface area contributed by atoms with Crippen molar-refractivity contribution in [2.75, 3.05) is 0 Å². The van der Waals surface area contributed by atoms with Crippen LogP contribution in [0.3, 0.4) is 0 Å². The molecular weight excluding hydrogens is 342 g/mol. The molecule has 104 valence electrons. The van der Waals surface area contributed by atoms with E-state index in [-0.39, 0.29) is 0 Å². The van der Waals surface area contributed by atoms with E-state index < -0.39 is 34.6 Å². The number of carbonyl (C=O) groups is 1. The monoisotopic (exact) mass is 347 g/mol. The molecule has 0 bridgehead atoms. The number of pyridine rings is 1. The van der Waals surface area contributed by atoms with Crippen molar-refractivity contribution >= 4 is 21.7 Å². The molecule has 0 aliphatic heterocycles. The van der Waals surface area contributed by atoms with Crippen LogP contribution in [0.25, 0.3) is 0 Å². The molecule has 0 spiro atoms. The number of ketones is 1. The Labute approximate surface area is 119 Å². The maximum Gasteiger partial charge on any atom is 0.351 e. The van der Waals surface area contributed by atoms with E-state index in [9.17, 15) is 22.4 Å². The lowest BCUT2D eigenvalue weighted by Gasteiger charge is -2.14. The molecule has 0 unspecified atom stereocenters. The van der Waals surface area contributed by atoms with Crippen LogP contribution >= 0.6 is 15.9 Å². The van der Waals surface area contributed by atoms with Crippen LogP contribution in [0.2, 0.25) is 0 Å². The molecule has 0 aliphatic carbocycles. The Bertz CT molecular complexity index is 658. The van der Waals surface area contributed by atoms with Crippen molar-refractivity contribution in [3.05, 3.63) is 63.9 Å². The molecule has 2 rings (SSSR count). The summed E-state index contributed by atoms with van der Waals surface area (Å²) in [6.07, 6.45) is 1.08. The molecule has 20 heavy (non-hydrogen) atoms. The van der Waals surface area contributed by atoms with Gasteiger partial charge in [-0.3, -0.25) is 9.78 Å². The van der Waals surface area contributed by atoms with Crippen LogP contribution in [0, 0.1) is 11.6 Å². The number of carbonyl (C=O) groups excluding carboxylic acids is 1. The van der Waals surface area contributed by atoms with E-state index in [0.717, 1.165) is 18.3 Å². The highest BCUT2D eigenvalue weighted by molar-refractivity contribution is 9.10. The van der Waals surface area contributed by atoms with E-state index >= 15 is 0 Å². The number of halogens is 5. The van der Waals surface area contributed by atoms with Crippen molar-refractivity contribution in [1.29, 1.82) is 0 Å². The highest BCUT2D eigenvalue weighted by Crippen LogP contribution is 2.32. The van der Waals surface area contributed by atoms with E-state index in [1.165, 1.54) is 6.07 Å². The number of hydrogen-bond acceptors (Lipinski definition) is 2. The molecule has 0 amide bonds. The Hall–Kier alpha value is -1.76. The van der Waals surface area contributed by atoms with E-state index in [0.29, 0.717) is 16.6 Å². The van der Waals surface area contributed by atoms with Crippen molar-refractivity contribution in [2.45, 2.75) is 5.92 Å². The van der Waals surface area contributed by atoms with Crippen LogP contribution in [-0.4, -0.2) is 10.8 Å². The quantitative estimate of drug-likeness (QED) is 0.618. The van der Waals surface area contributed by atoms with Gasteiger partial charge in [0.15, 0.2) is 0 Å². The van der Waals surface area contributed by atoms with E-state index in [1.807, 2.05) is 0 Å². The number of benzene rings is 1. The van der Waals surface area contributed by atoms with Gasteiger partial charge in [0.25, 0.3) is 0 Å². The lowest BCUT2D eigenvalue weighted by atomic mass is 10.0. The van der Waals surface area contributed by atoms with Crippen LogP contribution in [0.4, 0.5) is 17.6 Å². The fourth-order valence-electron chi connectivity index (χ4n) is 1.52. The molecule has 1 aromatic heterocycles. The summed E-state index contributed by atoms with van der Waals surface area (Å²) in [6.45, 7) is 0. The third kappa shape index (κ3) is 2.72. The average molecular weight is 348 g/mol. The van der Waals surface area contributed by atoms with Crippen molar-refractivity contribution in [3.8, 4) is 0 Å². The predicted molar refractivity (Wildman–Crippen MR) is 66.5 cm³/mol. The minimum Gasteiger partial charge on any atom is -0.287 e. The standard InChI is InChI=1S/C13H6BrF4NO/c14-7-1-4-11(19-6-7)13(17,18)12(20)9-5-8(15)2-3-10(9)16/h1-6H. The van der Waals surface area contributed by atoms with Gasteiger partial charge in [0.2, 0.25) is 5.78 Å². The van der Waals surface area contributed by atoms with Crippen molar-refractivity contribution < 1.29 is 22.4 Å². The fraction of sp³-hybridized carbons (Fsp3) is 0.0769. The van der Waals surface area contributed by atoms with Gasteiger partial charge >= 0.3 is 5.92 Å². The van der Waals surface area contributed by atoms with Gasteiger partial charge in [-0.05, 0) is 46.3 Å². The SMILES string of the molecule is O=C(c1cc(F)ccc1F)C(F)(F)c1ccc(Br)cn1. The molecule has 2 nitrogen and oxygen atoms in total. The third-order valence-corrected chi connectivity index (χ3v) is 2.98. The fourth-order valence-corrected chi connectivity index (χ4v) is 1.75. The number of Topliss-reactive ketones (excluding diaryl/α,β-unsaturated/α-hetero) is 1. The van der Waals surface area contributed by atoms with Gasteiger partial charge < -0.3 is 0 Å². The van der Waals surface area contributed by atoms with Crippen LogP contribution in [0.5, 0.6) is 0 Å². The summed E-state index contributed by atoms with van der Waals surface area (Å²) in [5, 5.41) is 0. The summed E-state index contributed by atoms with van der Waals surface area (Å²) in [4.78, 5) is 15.1. The summed E-state index contributed by atoms with van der Waals surface area (Å²) in [6, 6.07) is 3.99. The highest BCUT2D eigenvalue weighted by atomic mass is 79.9. The van der Waals surface area contributed by atoms with Crippen LogP contribution in [-0.2, 0) is 5.92 Å². The zero-order valence-electron chi connectivity index (χ0n) is 9.71. The zero-order chi connectivity index (χ0) is 14.9. The summed E-state index contributed by atoms with van der Waals surface area (Å²) >= 11 is 3.01. The second kappa shape index (κ2) is 5.32. The first-order chi connectivity index (χ1) is 9.32. The first-order valence-corrected chi connectivity index (χ1v) is 6.11. The third-order valence-electron chi connectivity index (χ3n) is 2.51. The topological polar surface area (TPSA) is 30.0 Å². The highest BCUT2D eigenvalue weighted by Gasteiger charge is 2.44. The molecule has 0 aliphatic rings. The molecule has 0 saturated carbocycles. The van der Waals surface area contributed by atoms with Gasteiger partial charge in [-0.1, -0.05) is 0 Å². The molecule has 0 fully saturated rings. The largest absolute Gasteiger partial charge is 0.351 e. The van der Waals surface area contributed by atoms with Crippen LogP contribution < -0.4 is 0 Å². The maximum absolute atomic E-state index is 14.0. The van der Waals surface area contributed by atoms with Crippen LogP contribution in [0.15, 0.2) is 41.0 Å². The predicted octanol–water partition coefficient (Wildman–Crippen LogP) is 4.10. The molecule has 1 aromatic carbocycles. The lowest BCUT2D eigenvalue weighted by Crippen LogP contribution is -2.28. The first kappa shape index (κ1) is 14.6. The minimum atomic E-state index is -4.05. The molecule has 0 radical (unpaired) electrons. The molecular formula is C13H6BrF4NO. The first-order valence-electron chi connectivity index (χ1n) is 5.32. The van der Waals surface area contributed by atoms with E-state index in [4.69, 9.17) is 0 Å². The van der Waals surface area contributed by atoms with Gasteiger partial charge in [-0.15, -0.1) is 0 Å². The maximum atomic E-state index is 14.0. The second-order valence-corrected chi connectivity index (χ2v) is 4.81. The molecule has 0 saturated heterocycles. The minimum absolute atomic E-state index is 0.435. The van der Waals surface area contributed by atoms with Crippen molar-refractivity contribution in [1.82, 2.24) is 4.98 Å². The number of aromatic nitrogens is 1. The lowest BCUT2D eigenvalue weighted by molar-refractivity contribution is 0.00422. The molecule has 7 heteroatoms. The Balaban J connectivity index is 2.45. The van der Waals surface area contributed by atoms with Gasteiger partial charge in [0.1, 0.15) is 17.3 Å². The van der Waals surface area contributed by atoms with Crippen LogP contribution in [0.1, 0.15) is 16.1 Å². The Kier molecular flexibility index (Phi) is 3.89.